The average Bonchev–Trinajstić information content (AvgIpc) is 3.11. The molecule has 142 valence electrons. The van der Waals surface area contributed by atoms with Crippen LogP contribution in [0.3, 0.4) is 0 Å². The monoisotopic (exact) mass is 337 g/mol. The highest BCUT2D eigenvalue weighted by Crippen LogP contribution is 2.11. The first-order valence-electron chi connectivity index (χ1n) is 10.9. The molecule has 1 aliphatic heterocycles. The van der Waals surface area contributed by atoms with Crippen molar-refractivity contribution in [3.63, 3.8) is 0 Å². The lowest BCUT2D eigenvalue weighted by Crippen LogP contribution is -2.17. The zero-order valence-corrected chi connectivity index (χ0v) is 16.4. The summed E-state index contributed by atoms with van der Waals surface area (Å²) >= 11 is 0. The van der Waals surface area contributed by atoms with Gasteiger partial charge in [-0.2, -0.15) is 0 Å². The Morgan fingerprint density at radius 1 is 0.792 bits per heavy atom. The maximum atomic E-state index is 5.85. The average molecular weight is 338 g/mol. The van der Waals surface area contributed by atoms with E-state index in [2.05, 4.69) is 24.4 Å². The number of allylic oxidation sites excluding steroid dienone is 2. The lowest BCUT2D eigenvalue weighted by molar-refractivity contribution is 0.0641. The topological polar surface area (TPSA) is 21.3 Å². The summed E-state index contributed by atoms with van der Waals surface area (Å²) in [7, 11) is 0. The van der Waals surface area contributed by atoms with E-state index in [0.717, 1.165) is 19.7 Å². The van der Waals surface area contributed by atoms with E-state index in [-0.39, 0.29) is 0 Å². The second-order valence-electron chi connectivity index (χ2n) is 7.42. The van der Waals surface area contributed by atoms with Crippen LogP contribution >= 0.6 is 0 Å². The van der Waals surface area contributed by atoms with E-state index < -0.39 is 0 Å². The smallest absolute Gasteiger partial charge is 0.0711 e. The van der Waals surface area contributed by atoms with Gasteiger partial charge in [0.05, 0.1) is 6.10 Å². The molecule has 0 bridgehead atoms. The van der Waals surface area contributed by atoms with E-state index in [1.54, 1.807) is 0 Å². The quantitative estimate of drug-likeness (QED) is 0.245. The van der Waals surface area contributed by atoms with Gasteiger partial charge in [-0.3, -0.25) is 0 Å². The third-order valence-corrected chi connectivity index (χ3v) is 5.02. The van der Waals surface area contributed by atoms with E-state index in [0.29, 0.717) is 6.10 Å². The zero-order chi connectivity index (χ0) is 17.1. The van der Waals surface area contributed by atoms with Crippen LogP contribution < -0.4 is 5.32 Å². The van der Waals surface area contributed by atoms with Crippen molar-refractivity contribution in [1.82, 2.24) is 5.32 Å². The van der Waals surface area contributed by atoms with Crippen molar-refractivity contribution in [2.24, 2.45) is 0 Å². The molecule has 1 saturated heterocycles. The Kier molecular flexibility index (Phi) is 15.8. The Morgan fingerprint density at radius 2 is 1.38 bits per heavy atom. The van der Waals surface area contributed by atoms with Gasteiger partial charge in [-0.05, 0) is 45.1 Å². The first-order valence-corrected chi connectivity index (χ1v) is 10.9. The van der Waals surface area contributed by atoms with Crippen molar-refractivity contribution < 1.29 is 4.74 Å². The van der Waals surface area contributed by atoms with Crippen LogP contribution in [-0.4, -0.2) is 25.8 Å². The lowest BCUT2D eigenvalue weighted by atomic mass is 10.1. The fourth-order valence-corrected chi connectivity index (χ4v) is 3.37. The minimum absolute atomic E-state index is 0.496. The molecule has 0 aromatic rings. The molecule has 24 heavy (non-hydrogen) atoms. The van der Waals surface area contributed by atoms with Gasteiger partial charge in [-0.25, -0.2) is 0 Å². The molecule has 2 heteroatoms. The summed E-state index contributed by atoms with van der Waals surface area (Å²) in [4.78, 5) is 0. The van der Waals surface area contributed by atoms with Crippen LogP contribution in [-0.2, 0) is 4.74 Å². The van der Waals surface area contributed by atoms with Crippen molar-refractivity contribution in [3.05, 3.63) is 12.2 Å². The van der Waals surface area contributed by atoms with E-state index in [1.165, 1.54) is 96.3 Å². The fourth-order valence-electron chi connectivity index (χ4n) is 3.37. The number of nitrogens with one attached hydrogen (secondary N) is 1. The van der Waals surface area contributed by atoms with Gasteiger partial charge in [0.2, 0.25) is 0 Å². The summed E-state index contributed by atoms with van der Waals surface area (Å²) in [6, 6.07) is 0. The van der Waals surface area contributed by atoms with Crippen molar-refractivity contribution >= 4 is 0 Å². The van der Waals surface area contributed by atoms with Crippen LogP contribution in [0.25, 0.3) is 0 Å². The Hall–Kier alpha value is -0.340. The first kappa shape index (κ1) is 21.7. The summed E-state index contributed by atoms with van der Waals surface area (Å²) in [5.41, 5.74) is 0. The number of unbranched alkanes of at least 4 members (excludes halogenated alkanes) is 12. The molecule has 1 aliphatic rings. The summed E-state index contributed by atoms with van der Waals surface area (Å²) in [6.07, 6.45) is 25.7. The summed E-state index contributed by atoms with van der Waals surface area (Å²) < 4.78 is 5.85. The molecule has 0 unspecified atom stereocenters. The minimum Gasteiger partial charge on any atom is -0.377 e. The molecular formula is C22H43NO. The zero-order valence-electron chi connectivity index (χ0n) is 16.4. The number of hydrogen-bond acceptors (Lipinski definition) is 2. The number of ether oxygens (including phenoxy) is 1. The number of rotatable bonds is 17. The summed E-state index contributed by atoms with van der Waals surface area (Å²) in [5, 5.41) is 3.35. The standard InChI is InChI=1S/C22H43NO/c1-2-3-4-5-6-7-8-9-10-11-12-13-14-15-16-17-20-24-22-18-19-23-21-22/h7-8,22-23H,2-6,9-21H2,1H3/b8-7-/t22-/m0/s1. The fraction of sp³-hybridized carbons (Fsp3) is 0.909. The Bertz CT molecular complexity index is 271. The predicted molar refractivity (Wildman–Crippen MR) is 107 cm³/mol. The molecule has 1 N–H and O–H groups in total. The van der Waals surface area contributed by atoms with Crippen LogP contribution in [0.1, 0.15) is 103 Å². The Balaban J connectivity index is 1.68. The van der Waals surface area contributed by atoms with Gasteiger partial charge in [0, 0.05) is 13.2 Å². The van der Waals surface area contributed by atoms with Gasteiger partial charge in [0.25, 0.3) is 0 Å². The Labute approximate surface area is 151 Å². The van der Waals surface area contributed by atoms with Crippen LogP contribution in [0.15, 0.2) is 12.2 Å². The number of hydrogen-bond donors (Lipinski definition) is 1. The third-order valence-electron chi connectivity index (χ3n) is 5.02. The first-order chi connectivity index (χ1) is 11.9. The van der Waals surface area contributed by atoms with Crippen LogP contribution in [0.4, 0.5) is 0 Å². The van der Waals surface area contributed by atoms with Crippen molar-refractivity contribution in [1.29, 1.82) is 0 Å². The molecule has 1 atom stereocenters. The lowest BCUT2D eigenvalue weighted by Gasteiger charge is -2.09. The van der Waals surface area contributed by atoms with Crippen LogP contribution in [0.5, 0.6) is 0 Å². The van der Waals surface area contributed by atoms with E-state index >= 15 is 0 Å². The van der Waals surface area contributed by atoms with E-state index in [9.17, 15) is 0 Å². The maximum absolute atomic E-state index is 5.85. The molecule has 0 aliphatic carbocycles. The molecule has 0 radical (unpaired) electrons. The Morgan fingerprint density at radius 3 is 1.96 bits per heavy atom. The second kappa shape index (κ2) is 17.5. The van der Waals surface area contributed by atoms with Gasteiger partial charge in [-0.1, -0.05) is 76.9 Å². The van der Waals surface area contributed by atoms with Gasteiger partial charge >= 0.3 is 0 Å². The molecular weight excluding hydrogens is 294 g/mol. The van der Waals surface area contributed by atoms with Crippen molar-refractivity contribution in [2.45, 2.75) is 109 Å². The maximum Gasteiger partial charge on any atom is 0.0711 e. The third kappa shape index (κ3) is 14.0. The molecule has 0 amide bonds. The normalized spacial score (nSPS) is 18.0. The molecule has 2 nitrogen and oxygen atoms in total. The van der Waals surface area contributed by atoms with E-state index in [1.807, 2.05) is 0 Å². The van der Waals surface area contributed by atoms with Crippen LogP contribution in [0, 0.1) is 0 Å². The highest BCUT2D eigenvalue weighted by molar-refractivity contribution is 4.81. The predicted octanol–water partition coefficient (Wildman–Crippen LogP) is 6.40. The molecule has 1 heterocycles. The minimum atomic E-state index is 0.496. The van der Waals surface area contributed by atoms with Crippen molar-refractivity contribution in [2.75, 3.05) is 19.7 Å². The molecule has 1 fully saturated rings. The molecule has 0 aromatic carbocycles. The molecule has 0 aromatic heterocycles. The summed E-state index contributed by atoms with van der Waals surface area (Å²) in [5.74, 6) is 0. The van der Waals surface area contributed by atoms with E-state index in [4.69, 9.17) is 4.74 Å². The second-order valence-corrected chi connectivity index (χ2v) is 7.42. The molecule has 0 spiro atoms. The molecule has 1 rings (SSSR count). The van der Waals surface area contributed by atoms with Crippen LogP contribution in [0.2, 0.25) is 0 Å². The van der Waals surface area contributed by atoms with Gasteiger partial charge < -0.3 is 10.1 Å². The largest absolute Gasteiger partial charge is 0.377 e. The highest BCUT2D eigenvalue weighted by atomic mass is 16.5. The highest BCUT2D eigenvalue weighted by Gasteiger charge is 2.13. The van der Waals surface area contributed by atoms with Crippen molar-refractivity contribution in [3.8, 4) is 0 Å². The SMILES string of the molecule is CCCCCC/C=C\CCCCCCCCCCO[C@H]1CCNC1. The summed E-state index contributed by atoms with van der Waals surface area (Å²) in [6.45, 7) is 5.45. The van der Waals surface area contributed by atoms with Gasteiger partial charge in [-0.15, -0.1) is 0 Å². The van der Waals surface area contributed by atoms with Gasteiger partial charge in [0.1, 0.15) is 0 Å². The molecule has 0 saturated carbocycles. The van der Waals surface area contributed by atoms with Gasteiger partial charge in [0.15, 0.2) is 0 Å².